The molecule has 0 spiro atoms. The number of pyridine rings is 1. The first-order chi connectivity index (χ1) is 10.6. The van der Waals surface area contributed by atoms with Gasteiger partial charge in [0.1, 0.15) is 32.7 Å². The van der Waals surface area contributed by atoms with E-state index in [4.69, 9.17) is 11.6 Å². The molecule has 0 bridgehead atoms. The molecule has 1 fully saturated rings. The van der Waals surface area contributed by atoms with Crippen LogP contribution in [0.1, 0.15) is 18.2 Å². The number of piperazine rings is 1. The Balaban J connectivity index is 1.90. The maximum atomic E-state index is 12.8. The second kappa shape index (κ2) is 6.41. The zero-order valence-electron chi connectivity index (χ0n) is 13.3. The second-order valence-corrected chi connectivity index (χ2v) is 6.66. The first kappa shape index (κ1) is 15.5. The van der Waals surface area contributed by atoms with E-state index in [2.05, 4.69) is 11.9 Å². The van der Waals surface area contributed by atoms with Crippen LogP contribution in [0, 0.1) is 6.92 Å². The molecule has 1 aromatic carbocycles. The minimum atomic E-state index is 0.131. The Hall–Kier alpha value is -1.36. The lowest BCUT2D eigenvalue weighted by Gasteiger charge is -2.29. The fourth-order valence-electron chi connectivity index (χ4n) is 3.39. The van der Waals surface area contributed by atoms with Crippen molar-refractivity contribution in [3.8, 4) is 0 Å². The van der Waals surface area contributed by atoms with Crippen molar-refractivity contribution in [3.63, 3.8) is 0 Å². The highest BCUT2D eigenvalue weighted by atomic mass is 35.5. The minimum Gasteiger partial charge on any atom is -0.357 e. The van der Waals surface area contributed by atoms with Gasteiger partial charge >= 0.3 is 0 Å². The van der Waals surface area contributed by atoms with Crippen LogP contribution < -0.4 is 15.2 Å². The molecule has 1 aromatic heterocycles. The zero-order valence-corrected chi connectivity index (χ0v) is 14.0. The van der Waals surface area contributed by atoms with Crippen molar-refractivity contribution < 1.29 is 9.80 Å². The topological polar surface area (TPSA) is 41.7 Å². The summed E-state index contributed by atoms with van der Waals surface area (Å²) in [5.41, 5.74) is 2.74. The van der Waals surface area contributed by atoms with Gasteiger partial charge < -0.3 is 14.8 Å². The number of fused-ring (bicyclic) bond motifs is 1. The Morgan fingerprint density at radius 2 is 1.86 bits per heavy atom. The number of nitrogens with one attached hydrogen (secondary N) is 3. The van der Waals surface area contributed by atoms with Crippen LogP contribution >= 0.6 is 11.6 Å². The highest BCUT2D eigenvalue weighted by Gasteiger charge is 2.23. The molecule has 5 heteroatoms. The second-order valence-electron chi connectivity index (χ2n) is 6.25. The molecule has 1 aliphatic rings. The first-order valence-corrected chi connectivity index (χ1v) is 8.45. The van der Waals surface area contributed by atoms with Crippen molar-refractivity contribution in [2.75, 3.05) is 32.7 Å². The number of aromatic nitrogens is 1. The summed E-state index contributed by atoms with van der Waals surface area (Å²) >= 11 is 6.20. The molecule has 2 aromatic rings. The van der Waals surface area contributed by atoms with Crippen molar-refractivity contribution in [2.24, 2.45) is 0 Å². The number of benzene rings is 1. The van der Waals surface area contributed by atoms with Crippen LogP contribution in [0.3, 0.4) is 0 Å². The van der Waals surface area contributed by atoms with Gasteiger partial charge in [0.2, 0.25) is 0 Å². The van der Waals surface area contributed by atoms with E-state index in [-0.39, 0.29) is 5.43 Å². The van der Waals surface area contributed by atoms with Crippen LogP contribution in [0.4, 0.5) is 0 Å². The van der Waals surface area contributed by atoms with Gasteiger partial charge in [-0.3, -0.25) is 4.79 Å². The predicted octanol–water partition coefficient (Wildman–Crippen LogP) is -0.207. The molecule has 0 unspecified atom stereocenters. The summed E-state index contributed by atoms with van der Waals surface area (Å²) in [5.74, 6) is 0. The molecular formula is C17H24ClN3O+2. The number of hydrogen-bond donors (Lipinski definition) is 3. The highest BCUT2D eigenvalue weighted by molar-refractivity contribution is 6.35. The molecular weight excluding hydrogens is 298 g/mol. The molecule has 0 saturated carbocycles. The van der Waals surface area contributed by atoms with E-state index >= 15 is 0 Å². The van der Waals surface area contributed by atoms with E-state index < -0.39 is 0 Å². The maximum absolute atomic E-state index is 12.8. The summed E-state index contributed by atoms with van der Waals surface area (Å²) in [6, 6.07) is 5.52. The fraction of sp³-hybridized carbons (Fsp3) is 0.471. The number of rotatable bonds is 3. The van der Waals surface area contributed by atoms with Gasteiger partial charge in [-0.2, -0.15) is 0 Å². The Bertz CT molecular complexity index is 732. The van der Waals surface area contributed by atoms with Crippen molar-refractivity contribution in [1.29, 1.82) is 0 Å². The molecule has 1 saturated heterocycles. The molecule has 2 heterocycles. The van der Waals surface area contributed by atoms with Crippen LogP contribution in [0.5, 0.6) is 0 Å². The van der Waals surface area contributed by atoms with Gasteiger partial charge in [0.15, 0.2) is 5.43 Å². The van der Waals surface area contributed by atoms with Crippen LogP contribution in [-0.4, -0.2) is 37.7 Å². The Morgan fingerprint density at radius 3 is 2.55 bits per heavy atom. The smallest absolute Gasteiger partial charge is 0.198 e. The normalized spacial score (nSPS) is 22.1. The first-order valence-electron chi connectivity index (χ1n) is 8.07. The SMILES string of the molecule is CC[NH+]1CC[NH+](Cc2c(C)[nH]c3c(Cl)cccc3c2=O)CC1. The summed E-state index contributed by atoms with van der Waals surface area (Å²) in [7, 11) is 0. The average Bonchev–Trinajstić information content (AvgIpc) is 2.53. The van der Waals surface area contributed by atoms with Gasteiger partial charge in [-0.25, -0.2) is 0 Å². The molecule has 3 N–H and O–H groups in total. The number of H-pyrrole nitrogens is 1. The quantitative estimate of drug-likeness (QED) is 0.720. The van der Waals surface area contributed by atoms with Gasteiger partial charge in [0.05, 0.1) is 22.6 Å². The molecule has 3 rings (SSSR count). The average molecular weight is 322 g/mol. The highest BCUT2D eigenvalue weighted by Crippen LogP contribution is 2.20. The third-order valence-corrected chi connectivity index (χ3v) is 5.20. The van der Waals surface area contributed by atoms with E-state index in [1.807, 2.05) is 25.1 Å². The number of para-hydroxylation sites is 1. The minimum absolute atomic E-state index is 0.131. The van der Waals surface area contributed by atoms with Gasteiger partial charge in [0.25, 0.3) is 0 Å². The Labute approximate surface area is 135 Å². The van der Waals surface area contributed by atoms with Crippen molar-refractivity contribution in [3.05, 3.63) is 44.7 Å². The van der Waals surface area contributed by atoms with E-state index in [0.717, 1.165) is 36.4 Å². The summed E-state index contributed by atoms with van der Waals surface area (Å²) < 4.78 is 0. The van der Waals surface area contributed by atoms with Crippen molar-refractivity contribution in [1.82, 2.24) is 4.98 Å². The van der Waals surface area contributed by atoms with Gasteiger partial charge in [-0.1, -0.05) is 17.7 Å². The summed E-state index contributed by atoms with van der Waals surface area (Å²) in [6.07, 6.45) is 0. The van der Waals surface area contributed by atoms with Crippen LogP contribution in [0.25, 0.3) is 10.9 Å². The molecule has 4 nitrogen and oxygen atoms in total. The molecule has 0 radical (unpaired) electrons. The summed E-state index contributed by atoms with van der Waals surface area (Å²) in [6.45, 7) is 10.9. The summed E-state index contributed by atoms with van der Waals surface area (Å²) in [4.78, 5) is 19.3. The number of aromatic amines is 1. The molecule has 0 atom stereocenters. The van der Waals surface area contributed by atoms with Gasteiger partial charge in [0, 0.05) is 11.1 Å². The number of aryl methyl sites for hydroxylation is 1. The van der Waals surface area contributed by atoms with Crippen LogP contribution in [0.2, 0.25) is 5.02 Å². The predicted molar refractivity (Wildman–Crippen MR) is 90.0 cm³/mol. The molecule has 0 amide bonds. The zero-order chi connectivity index (χ0) is 15.7. The van der Waals surface area contributed by atoms with E-state index in [1.165, 1.54) is 24.5 Å². The van der Waals surface area contributed by atoms with E-state index in [1.54, 1.807) is 4.90 Å². The molecule has 1 aliphatic heterocycles. The standard InChI is InChI=1S/C17H22ClN3O/c1-3-20-7-9-21(10-8-20)11-14-12(2)19-16-13(17(14)22)5-4-6-15(16)18/h4-6H,3,7-11H2,1-2H3,(H,19,22)/p+2. The largest absolute Gasteiger partial charge is 0.357 e. The number of quaternary nitrogens is 2. The van der Waals surface area contributed by atoms with Crippen LogP contribution in [-0.2, 0) is 6.54 Å². The third-order valence-electron chi connectivity index (χ3n) is 4.89. The lowest BCUT2D eigenvalue weighted by Crippen LogP contribution is -3.27. The van der Waals surface area contributed by atoms with Crippen molar-refractivity contribution in [2.45, 2.75) is 20.4 Å². The fourth-order valence-corrected chi connectivity index (χ4v) is 3.61. The number of hydrogen-bond acceptors (Lipinski definition) is 1. The van der Waals surface area contributed by atoms with Crippen molar-refractivity contribution >= 4 is 22.5 Å². The van der Waals surface area contributed by atoms with Gasteiger partial charge in [-0.15, -0.1) is 0 Å². The molecule has 0 aliphatic carbocycles. The lowest BCUT2D eigenvalue weighted by molar-refractivity contribution is -1.02. The third kappa shape index (κ3) is 2.91. The summed E-state index contributed by atoms with van der Waals surface area (Å²) in [5, 5.41) is 1.31. The molecule has 22 heavy (non-hydrogen) atoms. The number of likely N-dealkylation sites (N-methyl/N-ethyl adjacent to an activating group) is 1. The molecule has 118 valence electrons. The van der Waals surface area contributed by atoms with Crippen LogP contribution in [0.15, 0.2) is 23.0 Å². The van der Waals surface area contributed by atoms with E-state index in [9.17, 15) is 4.79 Å². The Kier molecular flexibility index (Phi) is 4.52. The lowest BCUT2D eigenvalue weighted by atomic mass is 10.1. The Morgan fingerprint density at radius 1 is 1.18 bits per heavy atom. The van der Waals surface area contributed by atoms with Gasteiger partial charge in [-0.05, 0) is 26.0 Å². The van der Waals surface area contributed by atoms with E-state index in [0.29, 0.717) is 10.4 Å². The monoisotopic (exact) mass is 321 g/mol. The number of halogens is 1. The maximum Gasteiger partial charge on any atom is 0.198 e.